The van der Waals surface area contributed by atoms with E-state index < -0.39 is 9.84 Å². The van der Waals surface area contributed by atoms with Gasteiger partial charge in [0.25, 0.3) is 0 Å². The van der Waals surface area contributed by atoms with E-state index >= 15 is 0 Å². The molecular weight excluding hydrogens is 412 g/mol. The zero-order valence-corrected chi connectivity index (χ0v) is 17.4. The Labute approximate surface area is 172 Å². The van der Waals surface area contributed by atoms with Gasteiger partial charge in [-0.25, -0.2) is 13.4 Å². The average molecular weight is 431 g/mol. The molecule has 1 amide bonds. The van der Waals surface area contributed by atoms with Gasteiger partial charge in [-0.1, -0.05) is 36.4 Å². The number of nitrogens with zero attached hydrogens (tertiary/aromatic N) is 1. The Morgan fingerprint density at radius 3 is 2.64 bits per heavy atom. The van der Waals surface area contributed by atoms with E-state index in [1.165, 1.54) is 16.2 Å². The van der Waals surface area contributed by atoms with Gasteiger partial charge in [-0.2, -0.15) is 0 Å². The van der Waals surface area contributed by atoms with Crippen molar-refractivity contribution < 1.29 is 13.2 Å². The van der Waals surface area contributed by atoms with Gasteiger partial charge in [-0.15, -0.1) is 23.1 Å². The summed E-state index contributed by atoms with van der Waals surface area (Å²) >= 11 is 3.25. The molecule has 2 heterocycles. The fourth-order valence-corrected chi connectivity index (χ4v) is 6.45. The largest absolute Gasteiger partial charge is 0.302 e. The SMILES string of the molecule is O=C(CCCS(=O)(=O)c1ccccc1)Nc1nc2c(s1)CSc1ccccc1-2. The van der Waals surface area contributed by atoms with Crippen LogP contribution in [0.4, 0.5) is 5.13 Å². The standard InChI is InChI=1S/C20H18N2O3S3/c23-18(11-6-12-28(24,25)14-7-2-1-3-8-14)21-20-22-19-15-9-4-5-10-16(15)26-13-17(19)27-20/h1-5,7-10H,6,11-13H2,(H,21,22,23). The molecule has 0 atom stereocenters. The third-order valence-corrected chi connectivity index (χ3v) is 8.43. The molecule has 0 spiro atoms. The van der Waals surface area contributed by atoms with Crippen molar-refractivity contribution in [2.45, 2.75) is 28.4 Å². The van der Waals surface area contributed by atoms with E-state index in [0.717, 1.165) is 21.9 Å². The van der Waals surface area contributed by atoms with Crippen molar-refractivity contribution in [3.05, 3.63) is 59.5 Å². The molecule has 2 aromatic carbocycles. The van der Waals surface area contributed by atoms with Gasteiger partial charge in [0.15, 0.2) is 15.0 Å². The Kier molecular flexibility index (Phi) is 5.52. The van der Waals surface area contributed by atoms with Gasteiger partial charge in [0, 0.05) is 27.5 Å². The zero-order valence-electron chi connectivity index (χ0n) is 14.9. The van der Waals surface area contributed by atoms with E-state index in [9.17, 15) is 13.2 Å². The van der Waals surface area contributed by atoms with Gasteiger partial charge >= 0.3 is 0 Å². The Balaban J connectivity index is 1.36. The minimum atomic E-state index is -3.36. The number of amides is 1. The first-order valence-corrected chi connectivity index (χ1v) is 12.3. The molecule has 0 radical (unpaired) electrons. The minimum absolute atomic E-state index is 0.0528. The number of rotatable bonds is 6. The maximum atomic E-state index is 12.3. The second kappa shape index (κ2) is 8.06. The number of thiazole rings is 1. The first-order chi connectivity index (χ1) is 13.5. The number of nitrogens with one attached hydrogen (secondary N) is 1. The summed E-state index contributed by atoms with van der Waals surface area (Å²) in [7, 11) is -3.36. The lowest BCUT2D eigenvalue weighted by atomic mass is 10.1. The number of thioether (sulfide) groups is 1. The predicted octanol–water partition coefficient (Wildman–Crippen LogP) is 4.61. The van der Waals surface area contributed by atoms with Crippen LogP contribution in [0.15, 0.2) is 64.4 Å². The van der Waals surface area contributed by atoms with Crippen LogP contribution < -0.4 is 5.32 Å². The Morgan fingerprint density at radius 1 is 1.07 bits per heavy atom. The van der Waals surface area contributed by atoms with Crippen LogP contribution in [0, 0.1) is 0 Å². The van der Waals surface area contributed by atoms with Crippen molar-refractivity contribution in [3.8, 4) is 11.3 Å². The highest BCUT2D eigenvalue weighted by molar-refractivity contribution is 7.98. The van der Waals surface area contributed by atoms with Crippen molar-refractivity contribution >= 4 is 44.0 Å². The molecule has 8 heteroatoms. The van der Waals surface area contributed by atoms with Crippen LogP contribution >= 0.6 is 23.1 Å². The first kappa shape index (κ1) is 19.2. The van der Waals surface area contributed by atoms with Crippen molar-refractivity contribution in [2.75, 3.05) is 11.1 Å². The van der Waals surface area contributed by atoms with Crippen molar-refractivity contribution in [2.24, 2.45) is 0 Å². The molecule has 1 aromatic heterocycles. The van der Waals surface area contributed by atoms with E-state index in [1.807, 2.05) is 18.2 Å². The lowest BCUT2D eigenvalue weighted by Crippen LogP contribution is -2.14. The van der Waals surface area contributed by atoms with Gasteiger partial charge in [-0.05, 0) is 24.6 Å². The van der Waals surface area contributed by atoms with Gasteiger partial charge in [0.1, 0.15) is 0 Å². The summed E-state index contributed by atoms with van der Waals surface area (Å²) in [6.45, 7) is 0. The number of hydrogen-bond acceptors (Lipinski definition) is 6. The van der Waals surface area contributed by atoms with E-state index in [0.29, 0.717) is 10.0 Å². The van der Waals surface area contributed by atoms with Gasteiger partial charge in [-0.3, -0.25) is 4.79 Å². The van der Waals surface area contributed by atoms with Crippen molar-refractivity contribution in [1.29, 1.82) is 0 Å². The highest BCUT2D eigenvalue weighted by Gasteiger charge is 2.22. The summed E-state index contributed by atoms with van der Waals surface area (Å²) in [6.07, 6.45) is 0.411. The lowest BCUT2D eigenvalue weighted by molar-refractivity contribution is -0.116. The second-order valence-electron chi connectivity index (χ2n) is 6.36. The summed E-state index contributed by atoms with van der Waals surface area (Å²) in [5, 5.41) is 3.39. The summed E-state index contributed by atoms with van der Waals surface area (Å²) in [5.74, 6) is 0.577. The molecule has 0 fully saturated rings. The van der Waals surface area contributed by atoms with Crippen LogP contribution in [0.2, 0.25) is 0 Å². The normalized spacial score (nSPS) is 12.9. The van der Waals surface area contributed by atoms with Crippen molar-refractivity contribution in [3.63, 3.8) is 0 Å². The smallest absolute Gasteiger partial charge is 0.226 e. The monoisotopic (exact) mass is 430 g/mol. The van der Waals surface area contributed by atoms with Crippen LogP contribution in [0.25, 0.3) is 11.3 Å². The van der Waals surface area contributed by atoms with E-state index in [2.05, 4.69) is 16.4 Å². The maximum absolute atomic E-state index is 12.3. The number of carbonyl (C=O) groups excluding carboxylic acids is 1. The Bertz CT molecular complexity index is 1110. The molecular formula is C20H18N2O3S3. The quantitative estimate of drug-likeness (QED) is 0.618. The molecule has 5 nitrogen and oxygen atoms in total. The maximum Gasteiger partial charge on any atom is 0.226 e. The topological polar surface area (TPSA) is 76.1 Å². The van der Waals surface area contributed by atoms with Crippen LogP contribution in [0.5, 0.6) is 0 Å². The van der Waals surface area contributed by atoms with Crippen LogP contribution in [-0.2, 0) is 20.4 Å². The summed E-state index contributed by atoms with van der Waals surface area (Å²) in [4.78, 5) is 19.5. The van der Waals surface area contributed by atoms with E-state index in [1.54, 1.807) is 42.1 Å². The molecule has 1 aliphatic rings. The van der Waals surface area contributed by atoms with Gasteiger partial charge in [0.05, 0.1) is 16.3 Å². The van der Waals surface area contributed by atoms with Gasteiger partial charge in [0.2, 0.25) is 5.91 Å². The summed E-state index contributed by atoms with van der Waals surface area (Å²) < 4.78 is 24.6. The lowest BCUT2D eigenvalue weighted by Gasteiger charge is -2.13. The molecule has 3 aromatic rings. The van der Waals surface area contributed by atoms with Crippen LogP contribution in [0.3, 0.4) is 0 Å². The molecule has 0 bridgehead atoms. The molecule has 1 aliphatic heterocycles. The average Bonchev–Trinajstić information content (AvgIpc) is 3.11. The highest BCUT2D eigenvalue weighted by atomic mass is 32.2. The third-order valence-electron chi connectivity index (χ3n) is 4.36. The summed E-state index contributed by atoms with van der Waals surface area (Å²) in [6, 6.07) is 16.4. The third kappa shape index (κ3) is 4.14. The van der Waals surface area contributed by atoms with Crippen LogP contribution in [-0.4, -0.2) is 25.1 Å². The van der Waals surface area contributed by atoms with Crippen LogP contribution in [0.1, 0.15) is 17.7 Å². The zero-order chi connectivity index (χ0) is 19.6. The van der Waals surface area contributed by atoms with E-state index in [4.69, 9.17) is 0 Å². The summed E-state index contributed by atoms with van der Waals surface area (Å²) in [5.41, 5.74) is 2.03. The molecule has 0 saturated carbocycles. The van der Waals surface area contributed by atoms with Crippen molar-refractivity contribution in [1.82, 2.24) is 4.98 Å². The molecule has 0 aliphatic carbocycles. The number of fused-ring (bicyclic) bond motifs is 3. The number of benzene rings is 2. The molecule has 28 heavy (non-hydrogen) atoms. The molecule has 1 N–H and O–H groups in total. The highest BCUT2D eigenvalue weighted by Crippen LogP contribution is 2.44. The number of carbonyl (C=O) groups is 1. The fraction of sp³-hybridized carbons (Fsp3) is 0.200. The minimum Gasteiger partial charge on any atom is -0.302 e. The molecule has 0 unspecified atom stereocenters. The molecule has 4 rings (SSSR count). The fourth-order valence-electron chi connectivity index (χ4n) is 3.00. The number of anilines is 1. The second-order valence-corrected chi connectivity index (χ2v) is 10.6. The Hall–Kier alpha value is -2.16. The first-order valence-electron chi connectivity index (χ1n) is 8.82. The Morgan fingerprint density at radius 2 is 1.82 bits per heavy atom. The van der Waals surface area contributed by atoms with Gasteiger partial charge < -0.3 is 5.32 Å². The number of sulfone groups is 1. The molecule has 0 saturated heterocycles. The predicted molar refractivity (Wildman–Crippen MR) is 113 cm³/mol. The van der Waals surface area contributed by atoms with E-state index in [-0.39, 0.29) is 24.5 Å². The number of aromatic nitrogens is 1. The molecule has 144 valence electrons. The number of hydrogen-bond donors (Lipinski definition) is 1.